The molecule has 130 valence electrons. The van der Waals surface area contributed by atoms with Gasteiger partial charge in [-0.1, -0.05) is 25.1 Å². The van der Waals surface area contributed by atoms with Gasteiger partial charge in [0.15, 0.2) is 5.16 Å². The molecule has 0 aliphatic rings. The van der Waals surface area contributed by atoms with Gasteiger partial charge in [0.05, 0.1) is 5.75 Å². The van der Waals surface area contributed by atoms with Gasteiger partial charge < -0.3 is 9.50 Å². The first-order chi connectivity index (χ1) is 11.4. The van der Waals surface area contributed by atoms with Crippen molar-refractivity contribution in [1.29, 1.82) is 0 Å². The number of thioether (sulfide) groups is 1. The molecule has 0 atom stereocenters. The first kappa shape index (κ1) is 18.5. The van der Waals surface area contributed by atoms with Crippen molar-refractivity contribution in [2.24, 2.45) is 0 Å². The summed E-state index contributed by atoms with van der Waals surface area (Å²) in [7, 11) is -3.53. The minimum Gasteiger partial charge on any atom is -0.382 e. The lowest BCUT2D eigenvalue weighted by Gasteiger charge is -2.09. The maximum Gasteiger partial charge on any atom is 0.309 e. The van der Waals surface area contributed by atoms with Gasteiger partial charge in [0.2, 0.25) is 0 Å². The van der Waals surface area contributed by atoms with Crippen LogP contribution in [0.25, 0.3) is 0 Å². The van der Waals surface area contributed by atoms with Crippen molar-refractivity contribution >= 4 is 33.4 Å². The van der Waals surface area contributed by atoms with Gasteiger partial charge in [0.25, 0.3) is 0 Å². The lowest BCUT2D eigenvalue weighted by molar-refractivity contribution is 0.484. The molecule has 0 spiro atoms. The third-order valence-electron chi connectivity index (χ3n) is 3.11. The molecule has 24 heavy (non-hydrogen) atoms. The van der Waals surface area contributed by atoms with E-state index in [4.69, 9.17) is 4.18 Å². The van der Waals surface area contributed by atoms with Crippen molar-refractivity contribution in [3.8, 4) is 5.75 Å². The average Bonchev–Trinajstić information content (AvgIpc) is 2.54. The summed E-state index contributed by atoms with van der Waals surface area (Å²) in [6.07, 6.45) is 3.32. The van der Waals surface area contributed by atoms with Crippen LogP contribution in [0.2, 0.25) is 0 Å². The van der Waals surface area contributed by atoms with Crippen molar-refractivity contribution in [2.45, 2.75) is 31.8 Å². The number of benzene rings is 1. The second-order valence-electron chi connectivity index (χ2n) is 5.23. The van der Waals surface area contributed by atoms with Crippen LogP contribution >= 0.6 is 11.8 Å². The number of aryl methyl sites for hydroxylation is 1. The Morgan fingerprint density at radius 3 is 2.54 bits per heavy atom. The summed E-state index contributed by atoms with van der Waals surface area (Å²) < 4.78 is 28.7. The molecule has 2 rings (SSSR count). The molecular weight excluding hydrogens is 346 g/mol. The summed E-state index contributed by atoms with van der Waals surface area (Å²) in [6.45, 7) is 3.85. The van der Waals surface area contributed by atoms with E-state index < -0.39 is 10.1 Å². The molecule has 8 heteroatoms. The van der Waals surface area contributed by atoms with Crippen LogP contribution in [-0.2, 0) is 10.1 Å². The van der Waals surface area contributed by atoms with E-state index in [-0.39, 0.29) is 5.75 Å². The van der Waals surface area contributed by atoms with Gasteiger partial charge in [-0.3, -0.25) is 0 Å². The highest BCUT2D eigenvalue weighted by Crippen LogP contribution is 2.22. The molecule has 0 saturated carbocycles. The minimum absolute atomic E-state index is 0.0289. The van der Waals surface area contributed by atoms with Crippen molar-refractivity contribution in [3.63, 3.8) is 0 Å². The van der Waals surface area contributed by atoms with E-state index in [1.807, 2.05) is 26.2 Å². The predicted molar refractivity (Wildman–Crippen MR) is 97.6 cm³/mol. The van der Waals surface area contributed by atoms with Gasteiger partial charge in [-0.05, 0) is 43.9 Å². The first-order valence-electron chi connectivity index (χ1n) is 7.61. The van der Waals surface area contributed by atoms with Crippen LogP contribution in [0, 0.1) is 6.92 Å². The van der Waals surface area contributed by atoms with E-state index in [1.54, 1.807) is 24.3 Å². The van der Waals surface area contributed by atoms with Crippen molar-refractivity contribution in [1.82, 2.24) is 9.97 Å². The lowest BCUT2D eigenvalue weighted by atomic mass is 10.3. The van der Waals surface area contributed by atoms with Crippen LogP contribution < -0.4 is 9.50 Å². The van der Waals surface area contributed by atoms with Crippen LogP contribution in [0.4, 0.5) is 11.5 Å². The highest BCUT2D eigenvalue weighted by atomic mass is 32.2. The molecule has 0 amide bonds. The van der Waals surface area contributed by atoms with E-state index in [2.05, 4.69) is 15.3 Å². The van der Waals surface area contributed by atoms with Crippen LogP contribution in [0.5, 0.6) is 5.75 Å². The van der Waals surface area contributed by atoms with E-state index >= 15 is 0 Å². The highest BCUT2D eigenvalue weighted by molar-refractivity contribution is 7.98. The van der Waals surface area contributed by atoms with Crippen molar-refractivity contribution in [2.75, 3.05) is 17.3 Å². The Morgan fingerprint density at radius 1 is 1.21 bits per heavy atom. The lowest BCUT2D eigenvalue weighted by Crippen LogP contribution is -2.13. The van der Waals surface area contributed by atoms with Gasteiger partial charge >= 0.3 is 10.1 Å². The molecule has 1 heterocycles. The Morgan fingerprint density at radius 2 is 1.92 bits per heavy atom. The quantitative estimate of drug-likeness (QED) is 0.432. The number of nitrogens with one attached hydrogen (secondary N) is 1. The highest BCUT2D eigenvalue weighted by Gasteiger charge is 2.12. The summed E-state index contributed by atoms with van der Waals surface area (Å²) in [6, 6.07) is 8.59. The number of hydrogen-bond donors (Lipinski definition) is 1. The zero-order chi connectivity index (χ0) is 17.6. The molecule has 0 bridgehead atoms. The summed E-state index contributed by atoms with van der Waals surface area (Å²) in [5, 5.41) is 3.87. The topological polar surface area (TPSA) is 81.2 Å². The smallest absolute Gasteiger partial charge is 0.309 e. The zero-order valence-corrected chi connectivity index (χ0v) is 15.6. The molecule has 0 unspecified atom stereocenters. The van der Waals surface area contributed by atoms with Gasteiger partial charge in [-0.25, -0.2) is 9.97 Å². The second kappa shape index (κ2) is 8.34. The van der Waals surface area contributed by atoms with E-state index in [1.165, 1.54) is 11.8 Å². The summed E-state index contributed by atoms with van der Waals surface area (Å²) in [4.78, 5) is 8.67. The molecule has 0 aliphatic heterocycles. The molecule has 1 N–H and O–H groups in total. The first-order valence-corrected chi connectivity index (χ1v) is 10.4. The Kier molecular flexibility index (Phi) is 6.44. The molecule has 0 radical (unpaired) electrons. The third-order valence-corrected chi connectivity index (χ3v) is 4.90. The number of nitrogens with zero attached hydrogens (tertiary/aromatic N) is 2. The molecule has 2 aromatic rings. The SMILES string of the molecule is CCCCS(=O)(=O)Oc1ccc(Nc2cc(C)nc(SC)n2)cc1. The number of hydrogen-bond acceptors (Lipinski definition) is 7. The fourth-order valence-corrected chi connectivity index (χ4v) is 3.50. The second-order valence-corrected chi connectivity index (χ2v) is 7.69. The number of anilines is 2. The molecule has 1 aromatic heterocycles. The van der Waals surface area contributed by atoms with Crippen molar-refractivity contribution in [3.05, 3.63) is 36.0 Å². The Labute approximate surface area is 147 Å². The van der Waals surface area contributed by atoms with Gasteiger partial charge in [0, 0.05) is 17.4 Å². The number of rotatable bonds is 8. The molecule has 1 aromatic carbocycles. The van der Waals surface area contributed by atoms with Crippen LogP contribution in [-0.4, -0.2) is 30.4 Å². The molecular formula is C16H21N3O3S2. The minimum atomic E-state index is -3.53. The monoisotopic (exact) mass is 367 g/mol. The van der Waals surface area contributed by atoms with Gasteiger partial charge in [0.1, 0.15) is 11.6 Å². The number of aromatic nitrogens is 2. The van der Waals surface area contributed by atoms with Crippen molar-refractivity contribution < 1.29 is 12.6 Å². The summed E-state index contributed by atoms with van der Waals surface area (Å²) in [5.41, 5.74) is 1.66. The van der Waals surface area contributed by atoms with Crippen LogP contribution in [0.1, 0.15) is 25.5 Å². The van der Waals surface area contributed by atoms with E-state index in [0.717, 1.165) is 17.8 Å². The van der Waals surface area contributed by atoms with Crippen LogP contribution in [0.3, 0.4) is 0 Å². The largest absolute Gasteiger partial charge is 0.382 e. The van der Waals surface area contributed by atoms with Gasteiger partial charge in [-0.2, -0.15) is 8.42 Å². The third kappa shape index (κ3) is 5.68. The van der Waals surface area contributed by atoms with Gasteiger partial charge in [-0.15, -0.1) is 0 Å². The van der Waals surface area contributed by atoms with E-state index in [9.17, 15) is 8.42 Å². The average molecular weight is 367 g/mol. The predicted octanol–water partition coefficient (Wildman–Crippen LogP) is 3.76. The van der Waals surface area contributed by atoms with E-state index in [0.29, 0.717) is 23.1 Å². The fraction of sp³-hybridized carbons (Fsp3) is 0.375. The Hall–Kier alpha value is -1.80. The Balaban J connectivity index is 2.06. The molecule has 0 fully saturated rings. The summed E-state index contributed by atoms with van der Waals surface area (Å²) >= 11 is 1.47. The zero-order valence-electron chi connectivity index (χ0n) is 13.9. The maximum atomic E-state index is 11.8. The maximum absolute atomic E-state index is 11.8. The molecule has 6 nitrogen and oxygen atoms in total. The standard InChI is InChI=1S/C16H21N3O3S2/c1-4-5-10-24(20,21)22-14-8-6-13(7-9-14)18-15-11-12(2)17-16(19-15)23-3/h6-9,11H,4-5,10H2,1-3H3,(H,17,18,19). The van der Waals surface area contributed by atoms with Crippen LogP contribution in [0.15, 0.2) is 35.5 Å². The Bertz CT molecular complexity index is 778. The fourth-order valence-electron chi connectivity index (χ4n) is 1.95. The molecule has 0 aliphatic carbocycles. The normalized spacial score (nSPS) is 11.3. The number of unbranched alkanes of at least 4 members (excludes halogenated alkanes) is 1. The molecule has 0 saturated heterocycles. The summed E-state index contributed by atoms with van der Waals surface area (Å²) in [5.74, 6) is 1.03.